The van der Waals surface area contributed by atoms with Gasteiger partial charge in [0.15, 0.2) is 5.78 Å². The van der Waals surface area contributed by atoms with Crippen molar-refractivity contribution in [2.75, 3.05) is 13.1 Å². The lowest BCUT2D eigenvalue weighted by atomic mass is 9.84. The monoisotopic (exact) mass is 559 g/mol. The van der Waals surface area contributed by atoms with E-state index in [1.165, 1.54) is 47.1 Å². The molecule has 1 amide bonds. The number of nitrogens with zero attached hydrogens (tertiary/aromatic N) is 1. The van der Waals surface area contributed by atoms with Gasteiger partial charge in [-0.25, -0.2) is 4.79 Å². The molecule has 2 aliphatic rings. The lowest BCUT2D eigenvalue weighted by molar-refractivity contribution is 0.0190. The number of allylic oxidation sites excluding steroid dienone is 2. The molecule has 0 bridgehead atoms. The highest BCUT2D eigenvalue weighted by molar-refractivity contribution is 5.97. The van der Waals surface area contributed by atoms with Crippen molar-refractivity contribution in [3.05, 3.63) is 75.9 Å². The van der Waals surface area contributed by atoms with Crippen molar-refractivity contribution in [2.45, 2.75) is 118 Å². The normalized spacial score (nSPS) is 18.3. The largest absolute Gasteiger partial charge is 0.444 e. The average Bonchev–Trinajstić information content (AvgIpc) is 3.15. The third kappa shape index (κ3) is 9.58. The number of benzene rings is 2. The summed E-state index contributed by atoms with van der Waals surface area (Å²) in [6.07, 6.45) is 8.44. The second-order valence-electron chi connectivity index (χ2n) is 13.1. The Bertz CT molecular complexity index is 1190. The van der Waals surface area contributed by atoms with Crippen LogP contribution >= 0.6 is 0 Å². The highest BCUT2D eigenvalue weighted by atomic mass is 16.6. The quantitative estimate of drug-likeness (QED) is 0.342. The summed E-state index contributed by atoms with van der Waals surface area (Å²) in [5.41, 5.74) is 8.90. The minimum absolute atomic E-state index is 0.163. The van der Waals surface area contributed by atoms with E-state index in [0.717, 1.165) is 50.3 Å². The van der Waals surface area contributed by atoms with Crippen LogP contribution in [0.5, 0.6) is 0 Å². The molecule has 1 aliphatic carbocycles. The number of aryl methyl sites for hydroxylation is 2. The SMILES string of the molecule is CC1CCN(C(=O)OC(C)(C)C)CC1.CCC(=O)c1ccc(C)c(C2=C(CC)CCCC(c3ccc(C)cc3)C2)c1. The molecule has 1 atom stereocenters. The average molecular weight is 560 g/mol. The summed E-state index contributed by atoms with van der Waals surface area (Å²) in [5.74, 6) is 1.54. The third-order valence-electron chi connectivity index (χ3n) is 8.53. The topological polar surface area (TPSA) is 46.6 Å². The maximum absolute atomic E-state index is 12.3. The number of Topliss-reactive ketones (excluding diaryl/α,β-unsaturated/α-hetero) is 1. The zero-order chi connectivity index (χ0) is 30.2. The summed E-state index contributed by atoms with van der Waals surface area (Å²) < 4.78 is 5.30. The van der Waals surface area contributed by atoms with Crippen LogP contribution in [-0.2, 0) is 4.74 Å². The number of carbonyl (C=O) groups is 2. The van der Waals surface area contributed by atoms with E-state index in [9.17, 15) is 9.59 Å². The van der Waals surface area contributed by atoms with Gasteiger partial charge in [0.25, 0.3) is 0 Å². The molecule has 4 nitrogen and oxygen atoms in total. The molecule has 4 heteroatoms. The maximum Gasteiger partial charge on any atom is 0.410 e. The number of hydrogen-bond donors (Lipinski definition) is 0. The summed E-state index contributed by atoms with van der Waals surface area (Å²) >= 11 is 0. The van der Waals surface area contributed by atoms with Crippen molar-refractivity contribution >= 4 is 17.4 Å². The number of ether oxygens (including phenoxy) is 1. The summed E-state index contributed by atoms with van der Waals surface area (Å²) in [7, 11) is 0. The summed E-state index contributed by atoms with van der Waals surface area (Å²) in [6, 6.07) is 15.3. The molecule has 2 aromatic carbocycles. The van der Waals surface area contributed by atoms with Crippen molar-refractivity contribution in [1.82, 2.24) is 4.90 Å². The molecule has 1 unspecified atom stereocenters. The number of hydrogen-bond acceptors (Lipinski definition) is 3. The van der Waals surface area contributed by atoms with Crippen LogP contribution in [0.15, 0.2) is 48.0 Å². The molecule has 4 rings (SSSR count). The Kier molecular flexibility index (Phi) is 11.8. The number of likely N-dealkylation sites (tertiary alicyclic amines) is 1. The Labute approximate surface area is 249 Å². The lowest BCUT2D eigenvalue weighted by Crippen LogP contribution is -2.41. The zero-order valence-corrected chi connectivity index (χ0v) is 26.9. The van der Waals surface area contributed by atoms with Gasteiger partial charge in [0.05, 0.1) is 0 Å². The van der Waals surface area contributed by atoms with Gasteiger partial charge in [0.1, 0.15) is 5.60 Å². The van der Waals surface area contributed by atoms with E-state index in [-0.39, 0.29) is 17.5 Å². The minimum Gasteiger partial charge on any atom is -0.444 e. The van der Waals surface area contributed by atoms with Crippen molar-refractivity contribution in [3.63, 3.8) is 0 Å². The van der Waals surface area contributed by atoms with Crippen LogP contribution in [0.2, 0.25) is 0 Å². The first-order chi connectivity index (χ1) is 19.4. The van der Waals surface area contributed by atoms with Crippen LogP contribution < -0.4 is 0 Å². The number of amides is 1. The predicted molar refractivity (Wildman–Crippen MR) is 172 cm³/mol. The lowest BCUT2D eigenvalue weighted by Gasteiger charge is -2.32. The van der Waals surface area contributed by atoms with Crippen molar-refractivity contribution in [2.24, 2.45) is 5.92 Å². The van der Waals surface area contributed by atoms with Crippen molar-refractivity contribution in [3.8, 4) is 0 Å². The molecule has 0 N–H and O–H groups in total. The molecule has 0 saturated carbocycles. The van der Waals surface area contributed by atoms with Gasteiger partial charge in [-0.1, -0.05) is 68.3 Å². The molecule has 1 fully saturated rings. The fourth-order valence-electron chi connectivity index (χ4n) is 5.86. The summed E-state index contributed by atoms with van der Waals surface area (Å²) in [4.78, 5) is 25.7. The number of ketones is 1. The predicted octanol–water partition coefficient (Wildman–Crippen LogP) is 10.1. The van der Waals surface area contributed by atoms with Crippen LogP contribution in [0.25, 0.3) is 5.57 Å². The fraction of sp³-hybridized carbons (Fsp3) is 0.568. The Morgan fingerprint density at radius 2 is 1.61 bits per heavy atom. The van der Waals surface area contributed by atoms with E-state index in [0.29, 0.717) is 12.3 Å². The zero-order valence-electron chi connectivity index (χ0n) is 26.9. The van der Waals surface area contributed by atoms with Gasteiger partial charge in [-0.2, -0.15) is 0 Å². The van der Waals surface area contributed by atoms with Crippen LogP contribution in [0.1, 0.15) is 131 Å². The molecular weight excluding hydrogens is 506 g/mol. The fourth-order valence-corrected chi connectivity index (χ4v) is 5.86. The molecule has 0 spiro atoms. The Hall–Kier alpha value is -2.88. The highest BCUT2D eigenvalue weighted by Crippen LogP contribution is 2.41. The van der Waals surface area contributed by atoms with Gasteiger partial charge in [-0.15, -0.1) is 0 Å². The second-order valence-corrected chi connectivity index (χ2v) is 13.1. The molecule has 2 aromatic rings. The second kappa shape index (κ2) is 14.8. The van der Waals surface area contributed by atoms with Crippen LogP contribution in [0.3, 0.4) is 0 Å². The van der Waals surface area contributed by atoms with Gasteiger partial charge in [0.2, 0.25) is 0 Å². The van der Waals surface area contributed by atoms with Crippen LogP contribution in [-0.4, -0.2) is 35.5 Å². The Morgan fingerprint density at radius 3 is 2.20 bits per heavy atom. The van der Waals surface area contributed by atoms with Gasteiger partial charge in [-0.05, 0) is 120 Å². The molecule has 224 valence electrons. The Morgan fingerprint density at radius 1 is 0.951 bits per heavy atom. The first-order valence-corrected chi connectivity index (χ1v) is 15.8. The van der Waals surface area contributed by atoms with Crippen LogP contribution in [0.4, 0.5) is 4.79 Å². The van der Waals surface area contributed by atoms with Crippen molar-refractivity contribution in [1.29, 1.82) is 0 Å². The standard InChI is InChI=1S/C26H32O.C11H21NO2/c1-5-20-8-7-9-22(21-13-10-18(3)11-14-21)16-25(20)24-17-23(26(27)6-2)15-12-19(24)4;1-9-5-7-12(8-6-9)10(13)14-11(2,3)4/h10-15,17,22H,5-9,16H2,1-4H3;9H,5-8H2,1-4H3. The number of carbonyl (C=O) groups excluding carboxylic acids is 2. The molecule has 0 aromatic heterocycles. The molecular formula is C37H53NO3. The van der Waals surface area contributed by atoms with Gasteiger partial charge in [0, 0.05) is 25.1 Å². The molecule has 1 aliphatic heterocycles. The molecule has 0 radical (unpaired) electrons. The van der Waals surface area contributed by atoms with E-state index in [2.05, 4.69) is 64.1 Å². The number of rotatable bonds is 5. The third-order valence-corrected chi connectivity index (χ3v) is 8.53. The van der Waals surface area contributed by atoms with E-state index in [4.69, 9.17) is 4.74 Å². The molecule has 41 heavy (non-hydrogen) atoms. The van der Waals surface area contributed by atoms with Gasteiger partial charge < -0.3 is 9.64 Å². The first-order valence-electron chi connectivity index (χ1n) is 15.8. The van der Waals surface area contributed by atoms with Crippen molar-refractivity contribution < 1.29 is 14.3 Å². The van der Waals surface area contributed by atoms with E-state index in [1.54, 1.807) is 5.57 Å². The molecule has 1 heterocycles. The Balaban J connectivity index is 0.000000278. The van der Waals surface area contributed by atoms with E-state index >= 15 is 0 Å². The van der Waals surface area contributed by atoms with Gasteiger partial charge >= 0.3 is 6.09 Å². The number of piperidine rings is 1. The smallest absolute Gasteiger partial charge is 0.410 e. The molecule has 1 saturated heterocycles. The maximum atomic E-state index is 12.3. The summed E-state index contributed by atoms with van der Waals surface area (Å²) in [6.45, 7) is 18.2. The van der Waals surface area contributed by atoms with Crippen LogP contribution in [0, 0.1) is 19.8 Å². The van der Waals surface area contributed by atoms with Gasteiger partial charge in [-0.3, -0.25) is 4.79 Å². The minimum atomic E-state index is -0.375. The first kappa shape index (κ1) is 32.6. The highest BCUT2D eigenvalue weighted by Gasteiger charge is 2.25. The van der Waals surface area contributed by atoms with E-state index < -0.39 is 0 Å². The summed E-state index contributed by atoms with van der Waals surface area (Å²) in [5, 5.41) is 0. The van der Waals surface area contributed by atoms with E-state index in [1.807, 2.05) is 38.7 Å².